The summed E-state index contributed by atoms with van der Waals surface area (Å²) in [5.74, 6) is 0. The van der Waals surface area contributed by atoms with E-state index in [1.807, 2.05) is 30.3 Å². The first-order chi connectivity index (χ1) is 8.86. The molecule has 1 unspecified atom stereocenters. The third-order valence-corrected chi connectivity index (χ3v) is 2.53. The van der Waals surface area contributed by atoms with Crippen molar-refractivity contribution in [2.45, 2.75) is 25.6 Å². The van der Waals surface area contributed by atoms with Crippen molar-refractivity contribution in [2.24, 2.45) is 0 Å². The average molecular weight is 250 g/mol. The maximum atomic E-state index is 9.00. The van der Waals surface area contributed by atoms with Crippen LogP contribution >= 0.6 is 0 Å². The van der Waals surface area contributed by atoms with E-state index in [4.69, 9.17) is 14.6 Å². The van der Waals surface area contributed by atoms with Gasteiger partial charge < -0.3 is 14.6 Å². The zero-order chi connectivity index (χ0) is 13.1. The second-order valence-electron chi connectivity index (χ2n) is 4.09. The molecule has 1 aromatic carbocycles. The average Bonchev–Trinajstić information content (AvgIpc) is 2.42. The van der Waals surface area contributed by atoms with Crippen molar-refractivity contribution in [1.29, 1.82) is 0 Å². The van der Waals surface area contributed by atoms with Gasteiger partial charge in [-0.25, -0.2) is 0 Å². The molecule has 0 saturated carbocycles. The van der Waals surface area contributed by atoms with E-state index in [0.29, 0.717) is 26.2 Å². The Morgan fingerprint density at radius 3 is 2.67 bits per heavy atom. The molecule has 1 N–H and O–H groups in total. The van der Waals surface area contributed by atoms with Crippen LogP contribution in [0.4, 0.5) is 0 Å². The number of benzene rings is 1. The van der Waals surface area contributed by atoms with E-state index < -0.39 is 0 Å². The Bertz CT molecular complexity index is 311. The molecule has 0 aliphatic rings. The van der Waals surface area contributed by atoms with Crippen LogP contribution < -0.4 is 0 Å². The van der Waals surface area contributed by atoms with Gasteiger partial charge in [0.05, 0.1) is 19.3 Å². The molecule has 0 spiro atoms. The zero-order valence-corrected chi connectivity index (χ0v) is 10.8. The summed E-state index contributed by atoms with van der Waals surface area (Å²) in [6.45, 7) is 5.57. The minimum atomic E-state index is -0.128. The largest absolute Gasteiger partial charge is 0.394 e. The molecule has 3 nitrogen and oxygen atoms in total. The maximum Gasteiger partial charge on any atom is 0.0839 e. The number of hydrogen-bond acceptors (Lipinski definition) is 3. The molecule has 0 bridgehead atoms. The molecule has 100 valence electrons. The van der Waals surface area contributed by atoms with Crippen LogP contribution in [0.2, 0.25) is 0 Å². The number of aliphatic hydroxyl groups is 1. The highest BCUT2D eigenvalue weighted by Gasteiger charge is 2.04. The summed E-state index contributed by atoms with van der Waals surface area (Å²) in [5, 5.41) is 9.00. The number of aliphatic hydroxyl groups excluding tert-OH is 1. The van der Waals surface area contributed by atoms with Crippen LogP contribution in [0.3, 0.4) is 0 Å². The van der Waals surface area contributed by atoms with E-state index in [1.54, 1.807) is 6.08 Å². The van der Waals surface area contributed by atoms with E-state index in [-0.39, 0.29) is 12.7 Å². The van der Waals surface area contributed by atoms with Gasteiger partial charge in [0.15, 0.2) is 0 Å². The first kappa shape index (κ1) is 14.9. The Labute approximate surface area is 109 Å². The lowest BCUT2D eigenvalue weighted by Gasteiger charge is -2.13. The Morgan fingerprint density at radius 2 is 2.00 bits per heavy atom. The number of hydrogen-bond donors (Lipinski definition) is 1. The summed E-state index contributed by atoms with van der Waals surface area (Å²) in [7, 11) is 0. The summed E-state index contributed by atoms with van der Waals surface area (Å²) in [6, 6.07) is 10.1. The summed E-state index contributed by atoms with van der Waals surface area (Å²) in [6.07, 6.45) is 3.14. The van der Waals surface area contributed by atoms with E-state index in [1.165, 1.54) is 5.56 Å². The molecule has 0 aromatic heterocycles. The van der Waals surface area contributed by atoms with Crippen molar-refractivity contribution in [1.82, 2.24) is 0 Å². The van der Waals surface area contributed by atoms with Crippen molar-refractivity contribution in [3.8, 4) is 0 Å². The molecule has 3 heteroatoms. The second-order valence-corrected chi connectivity index (χ2v) is 4.09. The molecular weight excluding hydrogens is 228 g/mol. The third-order valence-electron chi connectivity index (χ3n) is 2.53. The highest BCUT2D eigenvalue weighted by atomic mass is 16.5. The van der Waals surface area contributed by atoms with Gasteiger partial charge in [0, 0.05) is 13.2 Å². The van der Waals surface area contributed by atoms with Crippen LogP contribution in [0.1, 0.15) is 18.4 Å². The van der Waals surface area contributed by atoms with Crippen molar-refractivity contribution in [3.63, 3.8) is 0 Å². The van der Waals surface area contributed by atoms with Crippen LogP contribution in [-0.4, -0.2) is 31.0 Å². The van der Waals surface area contributed by atoms with Crippen LogP contribution in [0.25, 0.3) is 0 Å². The van der Waals surface area contributed by atoms with Gasteiger partial charge in [0.2, 0.25) is 0 Å². The van der Waals surface area contributed by atoms with Gasteiger partial charge in [-0.1, -0.05) is 36.4 Å². The summed E-state index contributed by atoms with van der Waals surface area (Å²) in [4.78, 5) is 0. The molecular formula is C15H22O3. The minimum Gasteiger partial charge on any atom is -0.394 e. The molecule has 0 saturated heterocycles. The van der Waals surface area contributed by atoms with E-state index >= 15 is 0 Å². The van der Waals surface area contributed by atoms with Crippen LogP contribution in [0, 0.1) is 0 Å². The molecule has 0 radical (unpaired) electrons. The van der Waals surface area contributed by atoms with Crippen molar-refractivity contribution in [3.05, 3.63) is 48.6 Å². The van der Waals surface area contributed by atoms with Crippen LogP contribution in [0.5, 0.6) is 0 Å². The van der Waals surface area contributed by atoms with E-state index in [9.17, 15) is 0 Å². The molecule has 0 aliphatic carbocycles. The fourth-order valence-corrected chi connectivity index (χ4v) is 1.56. The predicted octanol–water partition coefficient (Wildman–Crippen LogP) is 2.55. The minimum absolute atomic E-state index is 0.0386. The van der Waals surface area contributed by atoms with Gasteiger partial charge in [-0.3, -0.25) is 0 Å². The van der Waals surface area contributed by atoms with Crippen molar-refractivity contribution < 1.29 is 14.6 Å². The second kappa shape index (κ2) is 9.83. The summed E-state index contributed by atoms with van der Waals surface area (Å²) >= 11 is 0. The van der Waals surface area contributed by atoms with Gasteiger partial charge >= 0.3 is 0 Å². The lowest BCUT2D eigenvalue weighted by Crippen LogP contribution is -2.18. The van der Waals surface area contributed by atoms with Gasteiger partial charge in [0.1, 0.15) is 0 Å². The van der Waals surface area contributed by atoms with Gasteiger partial charge in [-0.05, 0) is 18.4 Å². The molecule has 1 aromatic rings. The smallest absolute Gasteiger partial charge is 0.0839 e. The highest BCUT2D eigenvalue weighted by molar-refractivity contribution is 5.13. The summed E-state index contributed by atoms with van der Waals surface area (Å²) < 4.78 is 11.0. The van der Waals surface area contributed by atoms with Crippen LogP contribution in [0.15, 0.2) is 43.0 Å². The lowest BCUT2D eigenvalue weighted by atomic mass is 10.2. The Balaban J connectivity index is 2.00. The van der Waals surface area contributed by atoms with E-state index in [0.717, 1.165) is 6.42 Å². The number of ether oxygens (including phenoxy) is 2. The predicted molar refractivity (Wildman–Crippen MR) is 72.4 cm³/mol. The SMILES string of the molecule is C=CCC(CO)OCCCOCc1ccccc1. The first-order valence-corrected chi connectivity index (χ1v) is 6.32. The van der Waals surface area contributed by atoms with Gasteiger partial charge in [0.25, 0.3) is 0 Å². The quantitative estimate of drug-likeness (QED) is 0.512. The monoisotopic (exact) mass is 250 g/mol. The fourth-order valence-electron chi connectivity index (χ4n) is 1.56. The molecule has 1 atom stereocenters. The van der Waals surface area contributed by atoms with Crippen LogP contribution in [-0.2, 0) is 16.1 Å². The molecule has 1 rings (SSSR count). The Hall–Kier alpha value is -1.16. The van der Waals surface area contributed by atoms with Gasteiger partial charge in [-0.2, -0.15) is 0 Å². The van der Waals surface area contributed by atoms with Crippen molar-refractivity contribution in [2.75, 3.05) is 19.8 Å². The summed E-state index contributed by atoms with van der Waals surface area (Å²) in [5.41, 5.74) is 1.18. The topological polar surface area (TPSA) is 38.7 Å². The first-order valence-electron chi connectivity index (χ1n) is 6.32. The normalized spacial score (nSPS) is 12.3. The lowest BCUT2D eigenvalue weighted by molar-refractivity contribution is 0.00222. The van der Waals surface area contributed by atoms with Gasteiger partial charge in [-0.15, -0.1) is 6.58 Å². The molecule has 0 heterocycles. The maximum absolute atomic E-state index is 9.00. The molecule has 0 amide bonds. The molecule has 0 fully saturated rings. The zero-order valence-electron chi connectivity index (χ0n) is 10.8. The number of rotatable bonds is 10. The standard InChI is InChI=1S/C15H22O3/c1-2-7-15(12-16)18-11-6-10-17-13-14-8-4-3-5-9-14/h2-5,8-9,15-16H,1,6-7,10-13H2. The third kappa shape index (κ3) is 6.55. The molecule has 18 heavy (non-hydrogen) atoms. The Kier molecular flexibility index (Phi) is 8.13. The highest BCUT2D eigenvalue weighted by Crippen LogP contribution is 2.02. The van der Waals surface area contributed by atoms with E-state index in [2.05, 4.69) is 6.58 Å². The molecule has 0 aliphatic heterocycles. The Morgan fingerprint density at radius 1 is 1.22 bits per heavy atom. The van der Waals surface area contributed by atoms with Crippen molar-refractivity contribution >= 4 is 0 Å². The fraction of sp³-hybridized carbons (Fsp3) is 0.467.